The van der Waals surface area contributed by atoms with Gasteiger partial charge < -0.3 is 15.2 Å². The van der Waals surface area contributed by atoms with E-state index in [9.17, 15) is 10.1 Å². The minimum Gasteiger partial charge on any atom is -0.465 e. The molecule has 6 nitrogen and oxygen atoms in total. The first-order valence-corrected chi connectivity index (χ1v) is 4.35. The molecule has 1 unspecified atom stereocenters. The minimum atomic E-state index is -0.995. The SMILES string of the molecule is CNc1ccc(OC(C)O)cc1[N+](=O)[O-]. The van der Waals surface area contributed by atoms with Crippen LogP contribution < -0.4 is 10.1 Å². The van der Waals surface area contributed by atoms with Crippen molar-refractivity contribution in [3.8, 4) is 5.75 Å². The summed E-state index contributed by atoms with van der Waals surface area (Å²) in [5.41, 5.74) is 0.314. The third-order valence-electron chi connectivity index (χ3n) is 1.74. The summed E-state index contributed by atoms with van der Waals surface area (Å²) < 4.78 is 4.93. The fourth-order valence-corrected chi connectivity index (χ4v) is 1.14. The van der Waals surface area contributed by atoms with Gasteiger partial charge in [-0.15, -0.1) is 0 Å². The van der Waals surface area contributed by atoms with E-state index in [0.717, 1.165) is 0 Å². The molecule has 1 atom stereocenters. The van der Waals surface area contributed by atoms with Crippen LogP contribution in [0.5, 0.6) is 5.75 Å². The zero-order valence-corrected chi connectivity index (χ0v) is 8.43. The van der Waals surface area contributed by atoms with E-state index >= 15 is 0 Å². The quantitative estimate of drug-likeness (QED) is 0.447. The zero-order valence-electron chi connectivity index (χ0n) is 8.43. The molecule has 0 heterocycles. The molecule has 1 rings (SSSR count). The van der Waals surface area contributed by atoms with E-state index in [0.29, 0.717) is 5.69 Å². The number of aliphatic hydroxyl groups is 1. The van der Waals surface area contributed by atoms with Crippen molar-refractivity contribution >= 4 is 11.4 Å². The first-order chi connectivity index (χ1) is 7.04. The number of anilines is 1. The Morgan fingerprint density at radius 2 is 2.27 bits per heavy atom. The van der Waals surface area contributed by atoms with Crippen LogP contribution in [0.3, 0.4) is 0 Å². The summed E-state index contributed by atoms with van der Waals surface area (Å²) in [6, 6.07) is 4.33. The Morgan fingerprint density at radius 1 is 1.60 bits per heavy atom. The van der Waals surface area contributed by atoms with Gasteiger partial charge in [0.2, 0.25) is 0 Å². The van der Waals surface area contributed by atoms with Gasteiger partial charge in [-0.05, 0) is 19.1 Å². The van der Waals surface area contributed by atoms with E-state index in [1.165, 1.54) is 19.1 Å². The number of ether oxygens (including phenoxy) is 1. The maximum atomic E-state index is 10.7. The molecule has 0 spiro atoms. The number of hydrogen-bond acceptors (Lipinski definition) is 5. The number of benzene rings is 1. The Bertz CT molecular complexity index is 365. The highest BCUT2D eigenvalue weighted by Crippen LogP contribution is 2.28. The number of nitro groups is 1. The van der Waals surface area contributed by atoms with Crippen LogP contribution in [0.25, 0.3) is 0 Å². The van der Waals surface area contributed by atoms with Crippen LogP contribution in [-0.4, -0.2) is 23.4 Å². The third kappa shape index (κ3) is 2.81. The highest BCUT2D eigenvalue weighted by Gasteiger charge is 2.14. The molecule has 0 fully saturated rings. The lowest BCUT2D eigenvalue weighted by atomic mass is 10.2. The standard InChI is InChI=1S/C9H12N2O4/c1-6(12)15-7-3-4-8(10-2)9(5-7)11(13)14/h3-6,10,12H,1-2H3. The Balaban J connectivity index is 3.05. The van der Waals surface area contributed by atoms with E-state index in [2.05, 4.69) is 5.32 Å². The van der Waals surface area contributed by atoms with Crippen molar-refractivity contribution in [3.05, 3.63) is 28.3 Å². The lowest BCUT2D eigenvalue weighted by Crippen LogP contribution is -2.09. The number of rotatable bonds is 4. The lowest BCUT2D eigenvalue weighted by Gasteiger charge is -2.09. The summed E-state index contributed by atoms with van der Waals surface area (Å²) in [6.45, 7) is 1.43. The fourth-order valence-electron chi connectivity index (χ4n) is 1.14. The average Bonchev–Trinajstić information content (AvgIpc) is 2.16. The second-order valence-corrected chi connectivity index (χ2v) is 2.90. The van der Waals surface area contributed by atoms with Crippen molar-refractivity contribution in [2.75, 3.05) is 12.4 Å². The summed E-state index contributed by atoms with van der Waals surface area (Å²) >= 11 is 0. The van der Waals surface area contributed by atoms with Crippen molar-refractivity contribution in [1.82, 2.24) is 0 Å². The second kappa shape index (κ2) is 4.61. The molecule has 0 aliphatic rings. The number of nitro benzene ring substituents is 1. The first kappa shape index (κ1) is 11.3. The smallest absolute Gasteiger partial charge is 0.296 e. The van der Waals surface area contributed by atoms with Gasteiger partial charge in [0.15, 0.2) is 6.29 Å². The molecule has 6 heteroatoms. The maximum absolute atomic E-state index is 10.7. The number of nitrogens with zero attached hydrogens (tertiary/aromatic N) is 1. The molecule has 0 saturated heterocycles. The summed E-state index contributed by atoms with van der Waals surface area (Å²) in [6.07, 6.45) is -0.995. The fraction of sp³-hybridized carbons (Fsp3) is 0.333. The summed E-state index contributed by atoms with van der Waals surface area (Å²) in [5.74, 6) is 0.260. The van der Waals surface area contributed by atoms with Gasteiger partial charge in [0.25, 0.3) is 5.69 Å². The molecule has 2 N–H and O–H groups in total. The molecule has 0 bridgehead atoms. The van der Waals surface area contributed by atoms with Crippen molar-refractivity contribution in [2.24, 2.45) is 0 Å². The minimum absolute atomic E-state index is 0.0874. The Morgan fingerprint density at radius 3 is 2.73 bits per heavy atom. The molecular weight excluding hydrogens is 200 g/mol. The maximum Gasteiger partial charge on any atom is 0.296 e. The largest absolute Gasteiger partial charge is 0.465 e. The van der Waals surface area contributed by atoms with Gasteiger partial charge in [0.1, 0.15) is 11.4 Å². The van der Waals surface area contributed by atoms with Crippen molar-refractivity contribution in [2.45, 2.75) is 13.2 Å². The molecule has 0 aliphatic carbocycles. The Hall–Kier alpha value is -1.82. The predicted molar refractivity (Wildman–Crippen MR) is 55.0 cm³/mol. The van der Waals surface area contributed by atoms with Gasteiger partial charge >= 0.3 is 0 Å². The molecule has 82 valence electrons. The highest BCUT2D eigenvalue weighted by atomic mass is 16.6. The molecular formula is C9H12N2O4. The van der Waals surface area contributed by atoms with E-state index < -0.39 is 11.2 Å². The van der Waals surface area contributed by atoms with Crippen molar-refractivity contribution in [3.63, 3.8) is 0 Å². The van der Waals surface area contributed by atoms with Gasteiger partial charge in [-0.25, -0.2) is 0 Å². The molecule has 0 saturated carbocycles. The lowest BCUT2D eigenvalue weighted by molar-refractivity contribution is -0.384. The topological polar surface area (TPSA) is 84.6 Å². The van der Waals surface area contributed by atoms with Crippen LogP contribution in [0.2, 0.25) is 0 Å². The molecule has 1 aromatic rings. The van der Waals surface area contributed by atoms with E-state index in [-0.39, 0.29) is 11.4 Å². The van der Waals surface area contributed by atoms with E-state index in [1.807, 2.05) is 0 Å². The van der Waals surface area contributed by atoms with Crippen molar-refractivity contribution < 1.29 is 14.8 Å². The summed E-state index contributed by atoms with van der Waals surface area (Å²) in [7, 11) is 1.59. The van der Waals surface area contributed by atoms with Gasteiger partial charge in [0, 0.05) is 7.05 Å². The van der Waals surface area contributed by atoms with Crippen LogP contribution in [0.4, 0.5) is 11.4 Å². The number of aliphatic hydroxyl groups excluding tert-OH is 1. The Labute approximate surface area is 86.6 Å². The molecule has 0 aliphatic heterocycles. The molecule has 0 radical (unpaired) electrons. The predicted octanol–water partition coefficient (Wildman–Crippen LogP) is 1.35. The third-order valence-corrected chi connectivity index (χ3v) is 1.74. The normalized spacial score (nSPS) is 11.9. The Kier molecular flexibility index (Phi) is 3.46. The molecule has 1 aromatic carbocycles. The molecule has 0 amide bonds. The van der Waals surface area contributed by atoms with Crippen LogP contribution in [0.1, 0.15) is 6.92 Å². The van der Waals surface area contributed by atoms with E-state index in [4.69, 9.17) is 9.84 Å². The van der Waals surface area contributed by atoms with Gasteiger partial charge in [-0.2, -0.15) is 0 Å². The second-order valence-electron chi connectivity index (χ2n) is 2.90. The van der Waals surface area contributed by atoms with Crippen molar-refractivity contribution in [1.29, 1.82) is 0 Å². The molecule has 15 heavy (non-hydrogen) atoms. The van der Waals surface area contributed by atoms with Gasteiger partial charge in [-0.1, -0.05) is 0 Å². The van der Waals surface area contributed by atoms with Gasteiger partial charge in [0.05, 0.1) is 11.0 Å². The van der Waals surface area contributed by atoms with Crippen LogP contribution in [0.15, 0.2) is 18.2 Å². The average molecular weight is 212 g/mol. The number of hydrogen-bond donors (Lipinski definition) is 2. The highest BCUT2D eigenvalue weighted by molar-refractivity contribution is 5.63. The zero-order chi connectivity index (χ0) is 11.4. The van der Waals surface area contributed by atoms with E-state index in [1.54, 1.807) is 13.1 Å². The van der Waals surface area contributed by atoms with Crippen LogP contribution in [-0.2, 0) is 0 Å². The summed E-state index contributed by atoms with van der Waals surface area (Å²) in [5, 5.41) is 22.3. The monoisotopic (exact) mass is 212 g/mol. The van der Waals surface area contributed by atoms with Crippen LogP contribution >= 0.6 is 0 Å². The first-order valence-electron chi connectivity index (χ1n) is 4.35. The summed E-state index contributed by atoms with van der Waals surface area (Å²) in [4.78, 5) is 10.2. The van der Waals surface area contributed by atoms with Gasteiger partial charge in [-0.3, -0.25) is 10.1 Å². The van der Waals surface area contributed by atoms with Crippen LogP contribution in [0, 0.1) is 10.1 Å². The number of nitrogens with one attached hydrogen (secondary N) is 1. The molecule has 0 aromatic heterocycles.